The molecule has 2 heterocycles. The van der Waals surface area contributed by atoms with Crippen molar-refractivity contribution in [1.29, 1.82) is 0 Å². The quantitative estimate of drug-likeness (QED) is 0.663. The Bertz CT molecular complexity index is 623. The normalized spacial score (nSPS) is 14.2. The largest absolute Gasteiger partial charge is 0.467 e. The summed E-state index contributed by atoms with van der Waals surface area (Å²) in [6.45, 7) is 0.453. The summed E-state index contributed by atoms with van der Waals surface area (Å²) in [5.74, 6) is 1.33. The highest BCUT2D eigenvalue weighted by atomic mass is 16.6. The molecule has 7 heteroatoms. The lowest BCUT2D eigenvalue weighted by atomic mass is 10.3. The van der Waals surface area contributed by atoms with E-state index in [-0.39, 0.29) is 17.5 Å². The van der Waals surface area contributed by atoms with Crippen LogP contribution in [0.15, 0.2) is 34.9 Å². The Morgan fingerprint density at radius 3 is 2.85 bits per heavy atom. The third-order valence-electron chi connectivity index (χ3n) is 3.24. The zero-order chi connectivity index (χ0) is 14.1. The molecule has 1 aliphatic rings. The molecule has 1 fully saturated rings. The molecule has 0 saturated heterocycles. The lowest BCUT2D eigenvalue weighted by Gasteiger charge is -2.22. The van der Waals surface area contributed by atoms with Gasteiger partial charge in [-0.05, 0) is 31.0 Å². The minimum atomic E-state index is -0.431. The van der Waals surface area contributed by atoms with Crippen molar-refractivity contribution in [3.05, 3.63) is 46.4 Å². The molecule has 20 heavy (non-hydrogen) atoms. The van der Waals surface area contributed by atoms with Gasteiger partial charge < -0.3 is 15.1 Å². The van der Waals surface area contributed by atoms with Gasteiger partial charge in [0.1, 0.15) is 11.6 Å². The van der Waals surface area contributed by atoms with Crippen LogP contribution in [0.5, 0.6) is 0 Å². The van der Waals surface area contributed by atoms with Crippen LogP contribution in [0.2, 0.25) is 0 Å². The monoisotopic (exact) mass is 274 g/mol. The van der Waals surface area contributed by atoms with Gasteiger partial charge >= 0.3 is 5.69 Å². The first-order valence-corrected chi connectivity index (χ1v) is 6.35. The van der Waals surface area contributed by atoms with E-state index in [0.29, 0.717) is 12.4 Å². The molecule has 2 N–H and O–H groups in total. The van der Waals surface area contributed by atoms with Gasteiger partial charge in [-0.15, -0.1) is 0 Å². The van der Waals surface area contributed by atoms with Crippen LogP contribution in [-0.2, 0) is 6.54 Å². The van der Waals surface area contributed by atoms with Gasteiger partial charge in [0.15, 0.2) is 0 Å². The van der Waals surface area contributed by atoms with Crippen molar-refractivity contribution in [2.75, 3.05) is 10.6 Å². The highest BCUT2D eigenvalue weighted by Crippen LogP contribution is 2.37. The van der Waals surface area contributed by atoms with Crippen LogP contribution < -0.4 is 10.6 Å². The van der Waals surface area contributed by atoms with Crippen molar-refractivity contribution >= 4 is 17.3 Å². The molecule has 7 nitrogen and oxygen atoms in total. The van der Waals surface area contributed by atoms with Crippen molar-refractivity contribution in [3.8, 4) is 0 Å². The smallest absolute Gasteiger partial charge is 0.311 e. The maximum atomic E-state index is 11.2. The third-order valence-corrected chi connectivity index (χ3v) is 3.24. The number of nitrogen functional groups attached to an aromatic ring is 1. The van der Waals surface area contributed by atoms with Crippen molar-refractivity contribution in [2.24, 2.45) is 0 Å². The lowest BCUT2D eigenvalue weighted by Crippen LogP contribution is -2.27. The van der Waals surface area contributed by atoms with Crippen LogP contribution in [0.3, 0.4) is 0 Å². The fourth-order valence-electron chi connectivity index (χ4n) is 2.14. The SMILES string of the molecule is Nc1ccc([N+](=O)[O-])c(N(Cc2ccco2)C2CC2)n1. The van der Waals surface area contributed by atoms with Gasteiger partial charge in [0, 0.05) is 12.1 Å². The second kappa shape index (κ2) is 4.84. The van der Waals surface area contributed by atoms with E-state index in [4.69, 9.17) is 10.2 Å². The van der Waals surface area contributed by atoms with E-state index in [1.165, 1.54) is 12.1 Å². The van der Waals surface area contributed by atoms with E-state index in [1.807, 2.05) is 11.0 Å². The van der Waals surface area contributed by atoms with Crippen molar-refractivity contribution in [1.82, 2.24) is 4.98 Å². The molecule has 0 amide bonds. The molecular formula is C13H14N4O3. The molecule has 0 aromatic carbocycles. The molecule has 0 radical (unpaired) electrons. The molecule has 1 saturated carbocycles. The number of aromatic nitrogens is 1. The van der Waals surface area contributed by atoms with Gasteiger partial charge in [0.2, 0.25) is 5.82 Å². The predicted molar refractivity (Wildman–Crippen MR) is 73.2 cm³/mol. The van der Waals surface area contributed by atoms with Crippen LogP contribution in [0.25, 0.3) is 0 Å². The molecular weight excluding hydrogens is 260 g/mol. The number of rotatable bonds is 5. The van der Waals surface area contributed by atoms with Crippen LogP contribution >= 0.6 is 0 Å². The maximum absolute atomic E-state index is 11.2. The maximum Gasteiger partial charge on any atom is 0.311 e. The van der Waals surface area contributed by atoms with Crippen molar-refractivity contribution in [3.63, 3.8) is 0 Å². The van der Waals surface area contributed by atoms with E-state index in [2.05, 4.69) is 4.98 Å². The molecule has 0 bridgehead atoms. The molecule has 2 aromatic rings. The van der Waals surface area contributed by atoms with Gasteiger partial charge in [-0.3, -0.25) is 10.1 Å². The molecule has 1 aliphatic carbocycles. The summed E-state index contributed by atoms with van der Waals surface area (Å²) in [5.41, 5.74) is 5.65. The van der Waals surface area contributed by atoms with Gasteiger partial charge in [-0.1, -0.05) is 0 Å². The highest BCUT2D eigenvalue weighted by molar-refractivity contribution is 5.62. The van der Waals surface area contributed by atoms with E-state index >= 15 is 0 Å². The molecule has 0 atom stereocenters. The van der Waals surface area contributed by atoms with Crippen LogP contribution in [-0.4, -0.2) is 15.9 Å². The van der Waals surface area contributed by atoms with Crippen LogP contribution in [0.1, 0.15) is 18.6 Å². The van der Waals surface area contributed by atoms with Gasteiger partial charge in [-0.2, -0.15) is 0 Å². The first-order valence-electron chi connectivity index (χ1n) is 6.35. The Balaban J connectivity index is 1.98. The molecule has 0 unspecified atom stereocenters. The number of nitrogens with two attached hydrogens (primary N) is 1. The Morgan fingerprint density at radius 2 is 2.25 bits per heavy atom. The van der Waals surface area contributed by atoms with Crippen LogP contribution in [0.4, 0.5) is 17.3 Å². The van der Waals surface area contributed by atoms with Crippen LogP contribution in [0, 0.1) is 10.1 Å². The zero-order valence-electron chi connectivity index (χ0n) is 10.7. The minimum Gasteiger partial charge on any atom is -0.467 e. The summed E-state index contributed by atoms with van der Waals surface area (Å²) >= 11 is 0. The number of pyridine rings is 1. The van der Waals surface area contributed by atoms with Gasteiger partial charge in [0.05, 0.1) is 17.7 Å². The summed E-state index contributed by atoms with van der Waals surface area (Å²) in [6, 6.07) is 6.73. The van der Waals surface area contributed by atoms with Gasteiger partial charge in [-0.25, -0.2) is 4.98 Å². The summed E-state index contributed by atoms with van der Waals surface area (Å²) in [4.78, 5) is 16.8. The molecule has 0 aliphatic heterocycles. The number of nitro groups is 1. The number of hydrogen-bond acceptors (Lipinski definition) is 6. The fraction of sp³-hybridized carbons (Fsp3) is 0.308. The fourth-order valence-corrected chi connectivity index (χ4v) is 2.14. The molecule has 104 valence electrons. The second-order valence-electron chi connectivity index (χ2n) is 4.77. The Morgan fingerprint density at radius 1 is 1.45 bits per heavy atom. The molecule has 0 spiro atoms. The Kier molecular flexibility index (Phi) is 3.02. The summed E-state index contributed by atoms with van der Waals surface area (Å²) in [5, 5.41) is 11.2. The third kappa shape index (κ3) is 2.42. The van der Waals surface area contributed by atoms with E-state index < -0.39 is 4.92 Å². The van der Waals surface area contributed by atoms with Gasteiger partial charge in [0.25, 0.3) is 0 Å². The minimum absolute atomic E-state index is 0.0299. The Hall–Kier alpha value is -2.57. The number of hydrogen-bond donors (Lipinski definition) is 1. The number of furan rings is 1. The number of nitrogens with zero attached hydrogens (tertiary/aromatic N) is 3. The van der Waals surface area contributed by atoms with E-state index in [9.17, 15) is 10.1 Å². The zero-order valence-corrected chi connectivity index (χ0v) is 10.7. The standard InChI is InChI=1S/C13H14N4O3/c14-12-6-5-11(17(18)19)13(15-12)16(9-3-4-9)8-10-2-1-7-20-10/h1-2,5-7,9H,3-4,8H2,(H2,14,15). The highest BCUT2D eigenvalue weighted by Gasteiger charge is 2.34. The molecule has 3 rings (SSSR count). The number of anilines is 2. The first kappa shape index (κ1) is 12.5. The average molecular weight is 274 g/mol. The predicted octanol–water partition coefficient (Wildman–Crippen LogP) is 2.33. The lowest BCUT2D eigenvalue weighted by molar-refractivity contribution is -0.384. The van der Waals surface area contributed by atoms with E-state index in [0.717, 1.165) is 18.6 Å². The van der Waals surface area contributed by atoms with Crippen molar-refractivity contribution < 1.29 is 9.34 Å². The molecule has 2 aromatic heterocycles. The summed E-state index contributed by atoms with van der Waals surface area (Å²) in [6.07, 6.45) is 3.57. The Labute approximate surface area is 115 Å². The average Bonchev–Trinajstić information content (AvgIpc) is 3.12. The van der Waals surface area contributed by atoms with Crippen molar-refractivity contribution in [2.45, 2.75) is 25.4 Å². The summed E-state index contributed by atoms with van der Waals surface area (Å²) in [7, 11) is 0. The second-order valence-corrected chi connectivity index (χ2v) is 4.77. The first-order chi connectivity index (χ1) is 9.65. The van der Waals surface area contributed by atoms with E-state index in [1.54, 1.807) is 12.3 Å². The topological polar surface area (TPSA) is 98.4 Å². The summed E-state index contributed by atoms with van der Waals surface area (Å²) < 4.78 is 5.32.